The van der Waals surface area contributed by atoms with Crippen LogP contribution < -0.4 is 0 Å². The summed E-state index contributed by atoms with van der Waals surface area (Å²) in [5, 5.41) is 0. The summed E-state index contributed by atoms with van der Waals surface area (Å²) in [6.45, 7) is 7.19. The van der Waals surface area contributed by atoms with Crippen LogP contribution in [0, 0.1) is 0 Å². The third-order valence-corrected chi connectivity index (χ3v) is 4.55. The zero-order valence-electron chi connectivity index (χ0n) is 16.4. The van der Waals surface area contributed by atoms with E-state index in [4.69, 9.17) is 9.47 Å². The first kappa shape index (κ1) is 22.5. The Morgan fingerprint density at radius 3 is 1.78 bits per heavy atom. The molecular weight excluding hydrogens is 284 g/mol. The van der Waals surface area contributed by atoms with E-state index in [1.807, 2.05) is 13.0 Å². The van der Waals surface area contributed by atoms with E-state index in [0.717, 1.165) is 25.2 Å². The molecule has 0 radical (unpaired) electrons. The molecular formula is C21H42O2. The molecule has 0 aliphatic carbocycles. The maximum Gasteiger partial charge on any atom is 0.0938 e. The predicted octanol–water partition coefficient (Wildman–Crippen LogP) is 7.03. The van der Waals surface area contributed by atoms with Gasteiger partial charge in [0.05, 0.1) is 19.0 Å². The van der Waals surface area contributed by atoms with Gasteiger partial charge in [0.2, 0.25) is 0 Å². The van der Waals surface area contributed by atoms with Crippen molar-refractivity contribution in [3.05, 3.63) is 11.8 Å². The van der Waals surface area contributed by atoms with Crippen molar-refractivity contribution in [2.75, 3.05) is 13.7 Å². The first-order chi connectivity index (χ1) is 11.3. The predicted molar refractivity (Wildman–Crippen MR) is 102 cm³/mol. The zero-order chi connectivity index (χ0) is 17.2. The minimum absolute atomic E-state index is 0.324. The second kappa shape index (κ2) is 17.8. The minimum atomic E-state index is 0.324. The van der Waals surface area contributed by atoms with E-state index in [0.29, 0.717) is 6.10 Å². The molecule has 1 unspecified atom stereocenters. The number of hydrogen-bond acceptors (Lipinski definition) is 2. The first-order valence-corrected chi connectivity index (χ1v) is 10.1. The van der Waals surface area contributed by atoms with Gasteiger partial charge in [0.15, 0.2) is 0 Å². The van der Waals surface area contributed by atoms with Crippen LogP contribution >= 0.6 is 0 Å². The van der Waals surface area contributed by atoms with E-state index in [-0.39, 0.29) is 0 Å². The van der Waals surface area contributed by atoms with Crippen LogP contribution in [0.15, 0.2) is 11.8 Å². The van der Waals surface area contributed by atoms with Gasteiger partial charge in [-0.2, -0.15) is 0 Å². The van der Waals surface area contributed by atoms with Gasteiger partial charge in [-0.3, -0.25) is 0 Å². The van der Waals surface area contributed by atoms with E-state index < -0.39 is 0 Å². The Hall–Kier alpha value is -0.500. The van der Waals surface area contributed by atoms with Gasteiger partial charge in [-0.1, -0.05) is 77.6 Å². The van der Waals surface area contributed by atoms with Crippen LogP contribution in [-0.2, 0) is 9.47 Å². The quantitative estimate of drug-likeness (QED) is 0.211. The number of hydrogen-bond donors (Lipinski definition) is 0. The molecule has 0 aliphatic heterocycles. The minimum Gasteiger partial charge on any atom is -0.501 e. The molecule has 0 saturated carbocycles. The van der Waals surface area contributed by atoms with E-state index in [2.05, 4.69) is 13.8 Å². The maximum atomic E-state index is 5.85. The molecule has 0 heterocycles. The molecule has 0 bridgehead atoms. The van der Waals surface area contributed by atoms with Gasteiger partial charge in [-0.15, -0.1) is 0 Å². The smallest absolute Gasteiger partial charge is 0.0938 e. The molecule has 0 saturated heterocycles. The van der Waals surface area contributed by atoms with Crippen molar-refractivity contribution in [2.24, 2.45) is 0 Å². The Morgan fingerprint density at radius 1 is 0.826 bits per heavy atom. The standard InChI is InChI=1S/C21H42O2/c1-5-8-9-10-11-12-13-14-15-16-17-18-21(23-7-3)19-20(6-2)22-4/h6,21H,5,7-19H2,1-4H3. The molecule has 0 aliphatic rings. The number of methoxy groups -OCH3 is 1. The van der Waals surface area contributed by atoms with E-state index >= 15 is 0 Å². The van der Waals surface area contributed by atoms with E-state index in [1.165, 1.54) is 70.6 Å². The Labute approximate surface area is 146 Å². The van der Waals surface area contributed by atoms with E-state index in [9.17, 15) is 0 Å². The van der Waals surface area contributed by atoms with Gasteiger partial charge in [0, 0.05) is 13.0 Å². The molecule has 0 spiro atoms. The molecule has 23 heavy (non-hydrogen) atoms. The SMILES string of the molecule is CC=C(CC(CCCCCCCCCCCCC)OCC)OC. The largest absolute Gasteiger partial charge is 0.501 e. The molecule has 2 nitrogen and oxygen atoms in total. The number of allylic oxidation sites excluding steroid dienone is 1. The average Bonchev–Trinajstić information content (AvgIpc) is 2.57. The Balaban J connectivity index is 3.52. The first-order valence-electron chi connectivity index (χ1n) is 10.1. The molecule has 0 aromatic heterocycles. The molecule has 0 amide bonds. The molecule has 0 aromatic rings. The second-order valence-electron chi connectivity index (χ2n) is 6.56. The van der Waals surface area contributed by atoms with Gasteiger partial charge in [0.1, 0.15) is 0 Å². The third-order valence-electron chi connectivity index (χ3n) is 4.55. The highest BCUT2D eigenvalue weighted by Gasteiger charge is 2.11. The van der Waals surface area contributed by atoms with Crippen molar-refractivity contribution in [3.8, 4) is 0 Å². The Morgan fingerprint density at radius 2 is 1.35 bits per heavy atom. The summed E-state index contributed by atoms with van der Waals surface area (Å²) >= 11 is 0. The summed E-state index contributed by atoms with van der Waals surface area (Å²) in [5.41, 5.74) is 0. The van der Waals surface area contributed by atoms with Crippen molar-refractivity contribution in [2.45, 2.75) is 110 Å². The topological polar surface area (TPSA) is 18.5 Å². The van der Waals surface area contributed by atoms with Crippen LogP contribution in [-0.4, -0.2) is 19.8 Å². The van der Waals surface area contributed by atoms with Gasteiger partial charge in [0.25, 0.3) is 0 Å². The number of rotatable bonds is 17. The van der Waals surface area contributed by atoms with Crippen LogP contribution in [0.2, 0.25) is 0 Å². The summed E-state index contributed by atoms with van der Waals surface area (Å²) in [7, 11) is 1.75. The van der Waals surface area contributed by atoms with Crippen LogP contribution in [0.4, 0.5) is 0 Å². The van der Waals surface area contributed by atoms with Crippen LogP contribution in [0.1, 0.15) is 104 Å². The third kappa shape index (κ3) is 14.8. The van der Waals surface area contributed by atoms with Crippen molar-refractivity contribution >= 4 is 0 Å². The lowest BCUT2D eigenvalue weighted by Gasteiger charge is -2.18. The van der Waals surface area contributed by atoms with Gasteiger partial charge in [-0.05, 0) is 26.3 Å². The molecule has 0 fully saturated rings. The fraction of sp³-hybridized carbons (Fsp3) is 0.905. The highest BCUT2D eigenvalue weighted by Crippen LogP contribution is 2.17. The molecule has 0 rings (SSSR count). The van der Waals surface area contributed by atoms with Gasteiger partial charge >= 0.3 is 0 Å². The molecule has 0 aromatic carbocycles. The lowest BCUT2D eigenvalue weighted by molar-refractivity contribution is 0.0451. The van der Waals surface area contributed by atoms with Crippen molar-refractivity contribution in [1.29, 1.82) is 0 Å². The fourth-order valence-corrected chi connectivity index (χ4v) is 3.06. The van der Waals surface area contributed by atoms with Crippen LogP contribution in [0.5, 0.6) is 0 Å². The van der Waals surface area contributed by atoms with Gasteiger partial charge in [-0.25, -0.2) is 0 Å². The molecule has 2 heteroatoms. The fourth-order valence-electron chi connectivity index (χ4n) is 3.06. The zero-order valence-corrected chi connectivity index (χ0v) is 16.4. The number of ether oxygens (including phenoxy) is 2. The summed E-state index contributed by atoms with van der Waals surface area (Å²) in [6, 6.07) is 0. The average molecular weight is 327 g/mol. The summed E-state index contributed by atoms with van der Waals surface area (Å²) in [4.78, 5) is 0. The summed E-state index contributed by atoms with van der Waals surface area (Å²) < 4.78 is 11.2. The van der Waals surface area contributed by atoms with Crippen LogP contribution in [0.3, 0.4) is 0 Å². The Bertz CT molecular complexity index is 261. The summed E-state index contributed by atoms with van der Waals surface area (Å²) in [5.74, 6) is 1.05. The normalized spacial score (nSPS) is 13.3. The molecule has 1 atom stereocenters. The monoisotopic (exact) mass is 326 g/mol. The lowest BCUT2D eigenvalue weighted by atomic mass is 10.0. The van der Waals surface area contributed by atoms with Crippen molar-refractivity contribution in [1.82, 2.24) is 0 Å². The van der Waals surface area contributed by atoms with Crippen LogP contribution in [0.25, 0.3) is 0 Å². The maximum absolute atomic E-state index is 5.85. The van der Waals surface area contributed by atoms with Gasteiger partial charge < -0.3 is 9.47 Å². The van der Waals surface area contributed by atoms with E-state index in [1.54, 1.807) is 7.11 Å². The number of unbranched alkanes of at least 4 members (excludes halogenated alkanes) is 10. The highest BCUT2D eigenvalue weighted by atomic mass is 16.5. The van der Waals surface area contributed by atoms with Crippen molar-refractivity contribution < 1.29 is 9.47 Å². The second-order valence-corrected chi connectivity index (χ2v) is 6.56. The Kier molecular flexibility index (Phi) is 17.5. The molecule has 0 N–H and O–H groups in total. The lowest BCUT2D eigenvalue weighted by Crippen LogP contribution is -2.14. The highest BCUT2D eigenvalue weighted by molar-refractivity contribution is 4.92. The summed E-state index contributed by atoms with van der Waals surface area (Å²) in [6.07, 6.45) is 19.8. The van der Waals surface area contributed by atoms with Crippen molar-refractivity contribution in [3.63, 3.8) is 0 Å². The molecule has 138 valence electrons.